The lowest BCUT2D eigenvalue weighted by Crippen LogP contribution is -2.41. The summed E-state index contributed by atoms with van der Waals surface area (Å²) < 4.78 is 24.4. The highest BCUT2D eigenvalue weighted by Crippen LogP contribution is 2.15. The summed E-state index contributed by atoms with van der Waals surface area (Å²) in [6.45, 7) is 0. The van der Waals surface area contributed by atoms with E-state index in [1.54, 1.807) is 42.5 Å². The van der Waals surface area contributed by atoms with Crippen molar-refractivity contribution in [1.82, 2.24) is 10.3 Å². The fraction of sp³-hybridized carbons (Fsp3) is 0. The van der Waals surface area contributed by atoms with Gasteiger partial charge in [0.1, 0.15) is 0 Å². The van der Waals surface area contributed by atoms with Gasteiger partial charge in [-0.3, -0.25) is 10.2 Å². The van der Waals surface area contributed by atoms with Gasteiger partial charge in [0.2, 0.25) is 0 Å². The zero-order valence-electron chi connectivity index (χ0n) is 10.2. The molecule has 5 nitrogen and oxygen atoms in total. The Morgan fingerprint density at radius 2 is 1.55 bits per heavy atom. The van der Waals surface area contributed by atoms with Crippen LogP contribution in [0.15, 0.2) is 64.0 Å². The summed E-state index contributed by atoms with van der Waals surface area (Å²) in [4.78, 5) is 14.0. The number of nitrogens with one attached hydrogen (secondary N) is 2. The number of hydrazine groups is 1. The molecule has 0 spiro atoms. The minimum atomic E-state index is -3.77. The lowest BCUT2D eigenvalue weighted by atomic mass is 10.2. The molecule has 0 bridgehead atoms. The van der Waals surface area contributed by atoms with Crippen molar-refractivity contribution in [2.45, 2.75) is 4.90 Å². The van der Waals surface area contributed by atoms with E-state index in [2.05, 4.69) is 26.2 Å². The molecule has 7 heteroatoms. The van der Waals surface area contributed by atoms with E-state index in [9.17, 15) is 13.2 Å². The maximum Gasteiger partial charge on any atom is 0.267 e. The molecule has 104 valence electrons. The van der Waals surface area contributed by atoms with Gasteiger partial charge >= 0.3 is 0 Å². The molecular weight excluding hydrogens is 344 g/mol. The van der Waals surface area contributed by atoms with Crippen LogP contribution in [0.25, 0.3) is 0 Å². The summed E-state index contributed by atoms with van der Waals surface area (Å²) in [5.74, 6) is -0.544. The predicted octanol–water partition coefficient (Wildman–Crippen LogP) is 2.07. The first-order valence-corrected chi connectivity index (χ1v) is 7.90. The second-order valence-electron chi connectivity index (χ2n) is 3.85. The Morgan fingerprint density at radius 3 is 2.20 bits per heavy atom. The minimum Gasteiger partial charge on any atom is -0.273 e. The molecule has 0 aromatic heterocycles. The number of benzene rings is 2. The number of rotatable bonds is 4. The third-order valence-electron chi connectivity index (χ3n) is 2.47. The molecule has 0 fully saturated rings. The molecule has 2 aromatic carbocycles. The molecule has 0 heterocycles. The molecule has 2 N–H and O–H groups in total. The molecule has 0 aliphatic carbocycles. The van der Waals surface area contributed by atoms with Crippen molar-refractivity contribution in [1.29, 1.82) is 0 Å². The van der Waals surface area contributed by atoms with Crippen LogP contribution in [-0.4, -0.2) is 14.3 Å². The fourth-order valence-electron chi connectivity index (χ4n) is 1.48. The molecule has 2 rings (SSSR count). The monoisotopic (exact) mass is 354 g/mol. The van der Waals surface area contributed by atoms with Gasteiger partial charge in [-0.15, -0.1) is 4.83 Å². The zero-order valence-corrected chi connectivity index (χ0v) is 12.6. The van der Waals surface area contributed by atoms with Gasteiger partial charge in [-0.05, 0) is 40.2 Å². The second kappa shape index (κ2) is 6.17. The summed E-state index contributed by atoms with van der Waals surface area (Å²) >= 11 is 3.22. The smallest absolute Gasteiger partial charge is 0.267 e. The van der Waals surface area contributed by atoms with Gasteiger partial charge in [0, 0.05) is 4.47 Å². The van der Waals surface area contributed by atoms with Crippen LogP contribution in [0.3, 0.4) is 0 Å². The standard InChI is InChI=1S/C13H11BrN2O3S/c14-12-9-5-4-8-11(12)13(17)15-16-20(18,19)10-6-2-1-3-7-10/h1-9,16H,(H,15,17). The zero-order chi connectivity index (χ0) is 14.6. The van der Waals surface area contributed by atoms with Crippen molar-refractivity contribution in [2.75, 3.05) is 0 Å². The molecule has 2 aromatic rings. The van der Waals surface area contributed by atoms with Crippen molar-refractivity contribution in [3.05, 3.63) is 64.6 Å². The highest BCUT2D eigenvalue weighted by atomic mass is 79.9. The van der Waals surface area contributed by atoms with Crippen molar-refractivity contribution in [3.8, 4) is 0 Å². The van der Waals surface area contributed by atoms with Crippen LogP contribution < -0.4 is 10.3 Å². The predicted molar refractivity (Wildman–Crippen MR) is 78.4 cm³/mol. The maximum atomic E-state index is 11.9. The third kappa shape index (κ3) is 3.44. The second-order valence-corrected chi connectivity index (χ2v) is 6.39. The van der Waals surface area contributed by atoms with Crippen LogP contribution in [0.5, 0.6) is 0 Å². The van der Waals surface area contributed by atoms with E-state index in [4.69, 9.17) is 0 Å². The summed E-state index contributed by atoms with van der Waals surface area (Å²) in [6, 6.07) is 14.5. The van der Waals surface area contributed by atoms with Gasteiger partial charge < -0.3 is 0 Å². The van der Waals surface area contributed by atoms with Crippen LogP contribution in [0.1, 0.15) is 10.4 Å². The largest absolute Gasteiger partial charge is 0.273 e. The number of carbonyl (C=O) groups is 1. The summed E-state index contributed by atoms with van der Waals surface area (Å²) in [7, 11) is -3.77. The van der Waals surface area contributed by atoms with E-state index in [1.165, 1.54) is 12.1 Å². The highest BCUT2D eigenvalue weighted by molar-refractivity contribution is 9.10. The maximum absolute atomic E-state index is 11.9. The molecule has 0 aliphatic rings. The fourth-order valence-corrected chi connectivity index (χ4v) is 2.81. The quantitative estimate of drug-likeness (QED) is 0.825. The summed E-state index contributed by atoms with van der Waals surface area (Å²) in [5, 5.41) is 0. The molecule has 0 saturated heterocycles. The Kier molecular flexibility index (Phi) is 4.53. The Hall–Kier alpha value is -1.70. The topological polar surface area (TPSA) is 75.3 Å². The van der Waals surface area contributed by atoms with Crippen LogP contribution in [0.4, 0.5) is 0 Å². The number of amides is 1. The number of halogens is 1. The van der Waals surface area contributed by atoms with E-state index < -0.39 is 15.9 Å². The van der Waals surface area contributed by atoms with Gasteiger partial charge in [-0.1, -0.05) is 30.3 Å². The van der Waals surface area contributed by atoms with Gasteiger partial charge in [-0.2, -0.15) is 0 Å². The normalized spacial score (nSPS) is 11.1. The molecule has 20 heavy (non-hydrogen) atoms. The SMILES string of the molecule is O=C(NNS(=O)(=O)c1ccccc1)c1ccccc1Br. The molecule has 0 atom stereocenters. The van der Waals surface area contributed by atoms with Gasteiger partial charge in [0.25, 0.3) is 15.9 Å². The van der Waals surface area contributed by atoms with Crippen LogP contribution in [-0.2, 0) is 10.0 Å². The number of sulfonamides is 1. The number of hydrogen-bond donors (Lipinski definition) is 2. The van der Waals surface area contributed by atoms with Crippen LogP contribution >= 0.6 is 15.9 Å². The highest BCUT2D eigenvalue weighted by Gasteiger charge is 2.16. The molecule has 0 aliphatic heterocycles. The average Bonchev–Trinajstić information content (AvgIpc) is 2.46. The van der Waals surface area contributed by atoms with Gasteiger partial charge in [-0.25, -0.2) is 8.42 Å². The molecule has 1 amide bonds. The van der Waals surface area contributed by atoms with Crippen molar-refractivity contribution >= 4 is 31.9 Å². The molecular formula is C13H11BrN2O3S. The number of hydrogen-bond acceptors (Lipinski definition) is 3. The van der Waals surface area contributed by atoms with Gasteiger partial charge in [0.15, 0.2) is 0 Å². The first-order valence-electron chi connectivity index (χ1n) is 5.62. The molecule has 0 saturated carbocycles. The van der Waals surface area contributed by atoms with E-state index in [0.717, 1.165) is 0 Å². The summed E-state index contributed by atoms with van der Waals surface area (Å²) in [5.41, 5.74) is 2.51. The van der Waals surface area contributed by atoms with Crippen LogP contribution in [0, 0.1) is 0 Å². The van der Waals surface area contributed by atoms with Crippen molar-refractivity contribution in [2.24, 2.45) is 0 Å². The third-order valence-corrected chi connectivity index (χ3v) is 4.43. The molecule has 0 radical (unpaired) electrons. The van der Waals surface area contributed by atoms with Gasteiger partial charge in [0.05, 0.1) is 10.5 Å². The van der Waals surface area contributed by atoms with Crippen LogP contribution in [0.2, 0.25) is 0 Å². The van der Waals surface area contributed by atoms with E-state index in [1.807, 2.05) is 0 Å². The van der Waals surface area contributed by atoms with Crippen molar-refractivity contribution < 1.29 is 13.2 Å². The first kappa shape index (κ1) is 14.7. The Bertz CT molecular complexity index is 717. The number of carbonyl (C=O) groups excluding carboxylic acids is 1. The summed E-state index contributed by atoms with van der Waals surface area (Å²) in [6.07, 6.45) is 0. The van der Waals surface area contributed by atoms with E-state index in [0.29, 0.717) is 10.0 Å². The Balaban J connectivity index is 2.10. The Labute approximate surface area is 125 Å². The van der Waals surface area contributed by atoms with E-state index in [-0.39, 0.29) is 4.90 Å². The lowest BCUT2D eigenvalue weighted by molar-refractivity contribution is 0.0944. The minimum absolute atomic E-state index is 0.0763. The first-order chi connectivity index (χ1) is 9.50. The average molecular weight is 355 g/mol. The lowest BCUT2D eigenvalue weighted by Gasteiger charge is -2.09. The van der Waals surface area contributed by atoms with Crippen molar-refractivity contribution in [3.63, 3.8) is 0 Å². The van der Waals surface area contributed by atoms with E-state index >= 15 is 0 Å². The molecule has 0 unspecified atom stereocenters. The Morgan fingerprint density at radius 1 is 0.950 bits per heavy atom.